The van der Waals surface area contributed by atoms with E-state index in [0.29, 0.717) is 17.9 Å². The zero-order chi connectivity index (χ0) is 18.6. The summed E-state index contributed by atoms with van der Waals surface area (Å²) in [5.74, 6) is -1.47. The lowest BCUT2D eigenvalue weighted by Gasteiger charge is -2.29. The molecule has 0 bridgehead atoms. The predicted molar refractivity (Wildman–Crippen MR) is 92.7 cm³/mol. The van der Waals surface area contributed by atoms with Crippen molar-refractivity contribution in [3.05, 3.63) is 35.5 Å². The molecule has 1 aliphatic heterocycles. The van der Waals surface area contributed by atoms with Gasteiger partial charge in [-0.25, -0.2) is 18.0 Å². The summed E-state index contributed by atoms with van der Waals surface area (Å²) in [6, 6.07) is 5.13. The van der Waals surface area contributed by atoms with Crippen LogP contribution in [0.1, 0.15) is 12.0 Å². The molecule has 0 amide bonds. The van der Waals surface area contributed by atoms with E-state index in [-0.39, 0.29) is 5.70 Å². The molecule has 0 spiro atoms. The summed E-state index contributed by atoms with van der Waals surface area (Å²) in [7, 11) is -1.02. The van der Waals surface area contributed by atoms with Crippen molar-refractivity contribution in [3.8, 4) is 0 Å². The van der Waals surface area contributed by atoms with Crippen LogP contribution in [0.25, 0.3) is 0 Å². The number of fused-ring (bicyclic) bond motifs is 1. The molecule has 0 radical (unpaired) electrons. The third kappa shape index (κ3) is 4.50. The van der Waals surface area contributed by atoms with E-state index in [0.717, 1.165) is 30.7 Å². The second-order valence-corrected chi connectivity index (χ2v) is 7.39. The van der Waals surface area contributed by atoms with Crippen molar-refractivity contribution < 1.29 is 27.5 Å². The topological polar surface area (TPSA) is 102 Å². The van der Waals surface area contributed by atoms with Gasteiger partial charge in [-0.2, -0.15) is 0 Å². The number of sulfonamides is 1. The lowest BCUT2D eigenvalue weighted by atomic mass is 10.0. The second kappa shape index (κ2) is 7.56. The Morgan fingerprint density at radius 3 is 2.56 bits per heavy atom. The summed E-state index contributed by atoms with van der Waals surface area (Å²) in [6.07, 6.45) is 3.63. The summed E-state index contributed by atoms with van der Waals surface area (Å²) in [5, 5.41) is 2.78. The number of nitrogens with zero attached hydrogens (tertiary/aromatic N) is 1. The number of benzene rings is 1. The number of ether oxygens (including phenoxy) is 2. The van der Waals surface area contributed by atoms with Crippen molar-refractivity contribution in [2.45, 2.75) is 12.8 Å². The Kier molecular flexibility index (Phi) is 5.68. The highest BCUT2D eigenvalue weighted by Gasteiger charge is 2.24. The number of carbonyl (C=O) groups is 2. The first-order chi connectivity index (χ1) is 11.8. The zero-order valence-electron chi connectivity index (χ0n) is 14.2. The van der Waals surface area contributed by atoms with Crippen molar-refractivity contribution in [1.29, 1.82) is 0 Å². The molecule has 1 N–H and O–H groups in total. The molecule has 1 aromatic rings. The number of hydrogen-bond donors (Lipinski definition) is 1. The molecule has 136 valence electrons. The van der Waals surface area contributed by atoms with Crippen LogP contribution >= 0.6 is 0 Å². The molecule has 2 rings (SSSR count). The maximum absolute atomic E-state index is 12.0. The summed E-state index contributed by atoms with van der Waals surface area (Å²) < 4.78 is 34.4. The number of methoxy groups -OCH3 is 2. The number of carbonyl (C=O) groups excluding carboxylic acids is 2. The number of aryl methyl sites for hydroxylation is 1. The van der Waals surface area contributed by atoms with Crippen LogP contribution in [0.2, 0.25) is 0 Å². The van der Waals surface area contributed by atoms with Crippen molar-refractivity contribution >= 4 is 33.3 Å². The van der Waals surface area contributed by atoms with Gasteiger partial charge >= 0.3 is 11.9 Å². The monoisotopic (exact) mass is 368 g/mol. The maximum atomic E-state index is 12.0. The predicted octanol–water partition coefficient (Wildman–Crippen LogP) is 1.04. The third-order valence-corrected chi connectivity index (χ3v) is 4.89. The van der Waals surface area contributed by atoms with Crippen LogP contribution in [-0.2, 0) is 35.5 Å². The van der Waals surface area contributed by atoms with Gasteiger partial charge in [-0.05, 0) is 30.5 Å². The molecule has 9 heteroatoms. The standard InChI is InChI=1S/C16H20N2O6S/c1-23-15(19)10-13(16(20)24-2)17-12-7-6-11-5-4-8-18(14(11)9-12)25(3,21)22/h6-7,9-10,17H,4-5,8H2,1-3H3/b13-10+. The molecular formula is C16H20N2O6S. The average Bonchev–Trinajstić information content (AvgIpc) is 2.58. The molecule has 0 aliphatic carbocycles. The van der Waals surface area contributed by atoms with E-state index >= 15 is 0 Å². The van der Waals surface area contributed by atoms with Gasteiger partial charge < -0.3 is 14.8 Å². The number of nitrogens with one attached hydrogen (secondary N) is 1. The number of esters is 2. The largest absolute Gasteiger partial charge is 0.466 e. The number of hydrogen-bond acceptors (Lipinski definition) is 7. The lowest BCUT2D eigenvalue weighted by Crippen LogP contribution is -2.34. The van der Waals surface area contributed by atoms with Crippen LogP contribution in [-0.4, -0.2) is 47.4 Å². The Hall–Kier alpha value is -2.55. The minimum absolute atomic E-state index is 0.115. The van der Waals surface area contributed by atoms with E-state index in [1.165, 1.54) is 18.5 Å². The van der Waals surface area contributed by atoms with Gasteiger partial charge in [0.25, 0.3) is 0 Å². The summed E-state index contributed by atoms with van der Waals surface area (Å²) in [6.45, 7) is 0.400. The highest BCUT2D eigenvalue weighted by atomic mass is 32.2. The smallest absolute Gasteiger partial charge is 0.354 e. The molecule has 0 fully saturated rings. The van der Waals surface area contributed by atoms with Gasteiger partial charge in [0.1, 0.15) is 5.70 Å². The van der Waals surface area contributed by atoms with Crippen LogP contribution in [0.15, 0.2) is 30.0 Å². The van der Waals surface area contributed by atoms with E-state index in [9.17, 15) is 18.0 Å². The Morgan fingerprint density at radius 2 is 1.96 bits per heavy atom. The Bertz CT molecular complexity index is 816. The molecule has 0 saturated heterocycles. The first-order valence-corrected chi connectivity index (χ1v) is 9.36. The minimum atomic E-state index is -3.40. The van der Waals surface area contributed by atoms with E-state index in [1.54, 1.807) is 18.2 Å². The highest BCUT2D eigenvalue weighted by Crippen LogP contribution is 2.32. The normalized spacial score (nSPS) is 14.5. The molecule has 0 unspecified atom stereocenters. The summed E-state index contributed by atoms with van der Waals surface area (Å²) in [5.41, 5.74) is 1.80. The van der Waals surface area contributed by atoms with Crippen LogP contribution in [0, 0.1) is 0 Å². The van der Waals surface area contributed by atoms with Crippen LogP contribution in [0.3, 0.4) is 0 Å². The van der Waals surface area contributed by atoms with Gasteiger partial charge in [-0.15, -0.1) is 0 Å². The van der Waals surface area contributed by atoms with Gasteiger partial charge in [0.05, 0.1) is 32.2 Å². The number of rotatable bonds is 5. The Balaban J connectivity index is 2.39. The van der Waals surface area contributed by atoms with Gasteiger partial charge in [-0.3, -0.25) is 4.31 Å². The zero-order valence-corrected chi connectivity index (χ0v) is 15.1. The summed E-state index contributed by atoms with van der Waals surface area (Å²) in [4.78, 5) is 23.2. The molecule has 25 heavy (non-hydrogen) atoms. The first-order valence-electron chi connectivity index (χ1n) is 7.52. The van der Waals surface area contributed by atoms with E-state index in [1.807, 2.05) is 0 Å². The fourth-order valence-electron chi connectivity index (χ4n) is 2.55. The second-order valence-electron chi connectivity index (χ2n) is 5.48. The fraction of sp³-hybridized carbons (Fsp3) is 0.375. The van der Waals surface area contributed by atoms with E-state index in [4.69, 9.17) is 0 Å². The minimum Gasteiger partial charge on any atom is -0.466 e. The molecule has 1 aromatic carbocycles. The molecule has 1 aliphatic rings. The molecule has 0 atom stereocenters. The van der Waals surface area contributed by atoms with Crippen LogP contribution in [0.5, 0.6) is 0 Å². The van der Waals surface area contributed by atoms with Gasteiger partial charge in [0.15, 0.2) is 0 Å². The van der Waals surface area contributed by atoms with E-state index < -0.39 is 22.0 Å². The van der Waals surface area contributed by atoms with Crippen LogP contribution in [0.4, 0.5) is 11.4 Å². The van der Waals surface area contributed by atoms with Crippen molar-refractivity contribution in [2.24, 2.45) is 0 Å². The molecule has 0 aromatic heterocycles. The molecular weight excluding hydrogens is 348 g/mol. The molecule has 0 saturated carbocycles. The average molecular weight is 368 g/mol. The number of anilines is 2. The van der Waals surface area contributed by atoms with E-state index in [2.05, 4.69) is 14.8 Å². The third-order valence-electron chi connectivity index (χ3n) is 3.71. The Labute approximate surface area is 146 Å². The van der Waals surface area contributed by atoms with Gasteiger partial charge in [0.2, 0.25) is 10.0 Å². The first kappa shape index (κ1) is 18.8. The molecule has 1 heterocycles. The summed E-state index contributed by atoms with van der Waals surface area (Å²) >= 11 is 0. The maximum Gasteiger partial charge on any atom is 0.354 e. The fourth-order valence-corrected chi connectivity index (χ4v) is 3.54. The van der Waals surface area contributed by atoms with Gasteiger partial charge in [0, 0.05) is 12.2 Å². The SMILES string of the molecule is COC(=O)/C=C(/Nc1ccc2c(c1)N(S(C)(=O)=O)CCC2)C(=O)OC. The van der Waals surface area contributed by atoms with Gasteiger partial charge in [-0.1, -0.05) is 6.07 Å². The Morgan fingerprint density at radius 1 is 1.24 bits per heavy atom. The molecule has 8 nitrogen and oxygen atoms in total. The van der Waals surface area contributed by atoms with Crippen molar-refractivity contribution in [1.82, 2.24) is 0 Å². The lowest BCUT2D eigenvalue weighted by molar-refractivity contribution is -0.138. The quantitative estimate of drug-likeness (QED) is 0.612. The highest BCUT2D eigenvalue weighted by molar-refractivity contribution is 7.92. The van der Waals surface area contributed by atoms with Crippen molar-refractivity contribution in [2.75, 3.05) is 36.6 Å². The van der Waals surface area contributed by atoms with Crippen molar-refractivity contribution in [3.63, 3.8) is 0 Å². The van der Waals surface area contributed by atoms with Crippen LogP contribution < -0.4 is 9.62 Å².